The number of hydrogen-bond donors (Lipinski definition) is 1. The summed E-state index contributed by atoms with van der Waals surface area (Å²) in [7, 11) is 0. The smallest absolute Gasteiger partial charge is 0.251 e. The van der Waals surface area contributed by atoms with Crippen molar-refractivity contribution < 1.29 is 9.18 Å². The standard InChI is InChI=1S/C21H25FN2O/c22-20-8-4-7-19(15-20)21(25)23-16-18-10-13-24(14-11-18)12-9-17-5-2-1-3-6-17/h1-8,15,18H,9-14,16H2,(H,23,25). The normalized spacial score (nSPS) is 15.9. The molecule has 3 rings (SSSR count). The molecule has 1 saturated heterocycles. The average molecular weight is 340 g/mol. The van der Waals surface area contributed by atoms with Gasteiger partial charge in [0.05, 0.1) is 0 Å². The number of carbonyl (C=O) groups is 1. The van der Waals surface area contributed by atoms with Crippen molar-refractivity contribution in [1.29, 1.82) is 0 Å². The third-order valence-corrected chi connectivity index (χ3v) is 4.90. The minimum Gasteiger partial charge on any atom is -0.352 e. The first-order valence-electron chi connectivity index (χ1n) is 9.01. The molecule has 1 amide bonds. The number of piperidine rings is 1. The first kappa shape index (κ1) is 17.6. The summed E-state index contributed by atoms with van der Waals surface area (Å²) in [6.45, 7) is 3.91. The Morgan fingerprint density at radius 1 is 1.08 bits per heavy atom. The lowest BCUT2D eigenvalue weighted by molar-refractivity contribution is 0.0936. The van der Waals surface area contributed by atoms with Crippen LogP contribution in [0.5, 0.6) is 0 Å². The Balaban J connectivity index is 1.37. The first-order chi connectivity index (χ1) is 12.2. The van der Waals surface area contributed by atoms with Gasteiger partial charge in [-0.3, -0.25) is 4.79 Å². The van der Waals surface area contributed by atoms with Crippen LogP contribution in [0.3, 0.4) is 0 Å². The summed E-state index contributed by atoms with van der Waals surface area (Å²) in [5, 5.41) is 2.94. The van der Waals surface area contributed by atoms with Crippen molar-refractivity contribution in [2.24, 2.45) is 5.92 Å². The lowest BCUT2D eigenvalue weighted by Crippen LogP contribution is -2.39. The van der Waals surface area contributed by atoms with E-state index in [-0.39, 0.29) is 11.7 Å². The monoisotopic (exact) mass is 340 g/mol. The molecule has 0 unspecified atom stereocenters. The van der Waals surface area contributed by atoms with Crippen molar-refractivity contribution in [2.45, 2.75) is 19.3 Å². The van der Waals surface area contributed by atoms with Crippen LogP contribution in [0.2, 0.25) is 0 Å². The maximum Gasteiger partial charge on any atom is 0.251 e. The predicted molar refractivity (Wildman–Crippen MR) is 98.0 cm³/mol. The molecule has 0 aromatic heterocycles. The summed E-state index contributed by atoms with van der Waals surface area (Å²) in [6.07, 6.45) is 3.28. The largest absolute Gasteiger partial charge is 0.352 e. The van der Waals surface area contributed by atoms with Gasteiger partial charge in [0.15, 0.2) is 0 Å². The van der Waals surface area contributed by atoms with Crippen LogP contribution in [0.4, 0.5) is 4.39 Å². The van der Waals surface area contributed by atoms with Crippen molar-refractivity contribution in [3.8, 4) is 0 Å². The number of likely N-dealkylation sites (tertiary alicyclic amines) is 1. The minimum atomic E-state index is -0.376. The van der Waals surface area contributed by atoms with Gasteiger partial charge in [-0.15, -0.1) is 0 Å². The summed E-state index contributed by atoms with van der Waals surface area (Å²) in [5.74, 6) is -0.0594. The van der Waals surface area contributed by atoms with Crippen LogP contribution in [0.15, 0.2) is 54.6 Å². The van der Waals surface area contributed by atoms with E-state index in [0.717, 1.165) is 38.9 Å². The SMILES string of the molecule is O=C(NCC1CCN(CCc2ccccc2)CC1)c1cccc(F)c1. The Hall–Kier alpha value is -2.20. The van der Waals surface area contributed by atoms with Crippen LogP contribution >= 0.6 is 0 Å². The molecule has 0 saturated carbocycles. The number of nitrogens with zero attached hydrogens (tertiary/aromatic N) is 1. The summed E-state index contributed by atoms with van der Waals surface area (Å²) >= 11 is 0. The summed E-state index contributed by atoms with van der Waals surface area (Å²) in [4.78, 5) is 14.6. The lowest BCUT2D eigenvalue weighted by Gasteiger charge is -2.32. The number of rotatable bonds is 6. The fraction of sp³-hybridized carbons (Fsp3) is 0.381. The van der Waals surface area contributed by atoms with Crippen molar-refractivity contribution >= 4 is 5.91 Å². The topological polar surface area (TPSA) is 32.3 Å². The Bertz CT molecular complexity index is 681. The van der Waals surface area contributed by atoms with Gasteiger partial charge in [0.1, 0.15) is 5.82 Å². The van der Waals surface area contributed by atoms with Gasteiger partial charge in [0, 0.05) is 18.7 Å². The van der Waals surface area contributed by atoms with Crippen LogP contribution in [0.25, 0.3) is 0 Å². The second-order valence-corrected chi connectivity index (χ2v) is 6.74. The molecule has 4 heteroatoms. The summed E-state index contributed by atoms with van der Waals surface area (Å²) in [6, 6.07) is 16.4. The molecule has 2 aromatic rings. The highest BCUT2D eigenvalue weighted by Crippen LogP contribution is 2.17. The Morgan fingerprint density at radius 3 is 2.56 bits per heavy atom. The minimum absolute atomic E-state index is 0.189. The number of benzene rings is 2. The van der Waals surface area contributed by atoms with Gasteiger partial charge in [0.2, 0.25) is 0 Å². The van der Waals surface area contributed by atoms with E-state index in [0.29, 0.717) is 18.0 Å². The molecular formula is C21H25FN2O. The number of carbonyl (C=O) groups excluding carboxylic acids is 1. The molecule has 3 nitrogen and oxygen atoms in total. The molecule has 1 N–H and O–H groups in total. The highest BCUT2D eigenvalue weighted by atomic mass is 19.1. The van der Waals surface area contributed by atoms with E-state index in [4.69, 9.17) is 0 Å². The van der Waals surface area contributed by atoms with Crippen LogP contribution in [-0.2, 0) is 6.42 Å². The van der Waals surface area contributed by atoms with Gasteiger partial charge in [-0.2, -0.15) is 0 Å². The molecule has 0 spiro atoms. The van der Waals surface area contributed by atoms with Crippen molar-refractivity contribution in [3.63, 3.8) is 0 Å². The van der Waals surface area contributed by atoms with Crippen LogP contribution < -0.4 is 5.32 Å². The van der Waals surface area contributed by atoms with Gasteiger partial charge >= 0.3 is 0 Å². The molecule has 0 bridgehead atoms. The molecule has 1 aliphatic heterocycles. The van der Waals surface area contributed by atoms with E-state index < -0.39 is 0 Å². The van der Waals surface area contributed by atoms with Crippen molar-refractivity contribution in [1.82, 2.24) is 10.2 Å². The Morgan fingerprint density at radius 2 is 1.84 bits per heavy atom. The summed E-state index contributed by atoms with van der Waals surface area (Å²) < 4.78 is 13.2. The molecule has 0 radical (unpaired) electrons. The van der Waals surface area contributed by atoms with Crippen LogP contribution in [-0.4, -0.2) is 37.0 Å². The van der Waals surface area contributed by atoms with Gasteiger partial charge in [-0.25, -0.2) is 4.39 Å². The van der Waals surface area contributed by atoms with Crippen LogP contribution in [0, 0.1) is 11.7 Å². The van der Waals surface area contributed by atoms with E-state index >= 15 is 0 Å². The van der Waals surface area contributed by atoms with Crippen molar-refractivity contribution in [3.05, 3.63) is 71.5 Å². The Kier molecular flexibility index (Phi) is 6.18. The molecule has 1 fully saturated rings. The number of halogens is 1. The van der Waals surface area contributed by atoms with Gasteiger partial charge in [0.25, 0.3) is 5.91 Å². The van der Waals surface area contributed by atoms with Gasteiger partial charge in [-0.1, -0.05) is 36.4 Å². The summed E-state index contributed by atoms with van der Waals surface area (Å²) in [5.41, 5.74) is 1.77. The first-order valence-corrected chi connectivity index (χ1v) is 9.01. The second kappa shape index (κ2) is 8.77. The molecule has 0 atom stereocenters. The zero-order chi connectivity index (χ0) is 17.5. The number of hydrogen-bond acceptors (Lipinski definition) is 2. The van der Waals surface area contributed by atoms with E-state index in [1.165, 1.54) is 17.7 Å². The molecule has 1 heterocycles. The maximum atomic E-state index is 13.2. The Labute approximate surface area is 148 Å². The maximum absolute atomic E-state index is 13.2. The van der Waals surface area contributed by atoms with E-state index in [1.807, 2.05) is 6.07 Å². The fourth-order valence-corrected chi connectivity index (χ4v) is 3.31. The molecular weight excluding hydrogens is 315 g/mol. The highest BCUT2D eigenvalue weighted by Gasteiger charge is 2.19. The van der Waals surface area contributed by atoms with Crippen molar-refractivity contribution in [2.75, 3.05) is 26.2 Å². The van der Waals surface area contributed by atoms with E-state index in [2.05, 4.69) is 34.5 Å². The van der Waals surface area contributed by atoms with E-state index in [1.54, 1.807) is 12.1 Å². The lowest BCUT2D eigenvalue weighted by atomic mass is 9.96. The van der Waals surface area contributed by atoms with E-state index in [9.17, 15) is 9.18 Å². The van der Waals surface area contributed by atoms with Gasteiger partial charge < -0.3 is 10.2 Å². The third-order valence-electron chi connectivity index (χ3n) is 4.90. The second-order valence-electron chi connectivity index (χ2n) is 6.74. The number of amides is 1. The molecule has 2 aromatic carbocycles. The van der Waals surface area contributed by atoms with Crippen LogP contribution in [0.1, 0.15) is 28.8 Å². The molecule has 132 valence electrons. The molecule has 0 aliphatic carbocycles. The molecule has 25 heavy (non-hydrogen) atoms. The molecule has 1 aliphatic rings. The average Bonchev–Trinajstić information content (AvgIpc) is 2.66. The fourth-order valence-electron chi connectivity index (χ4n) is 3.31. The third kappa shape index (κ3) is 5.40. The van der Waals surface area contributed by atoms with Gasteiger partial charge in [-0.05, 0) is 62.0 Å². The number of nitrogens with one attached hydrogen (secondary N) is 1. The highest BCUT2D eigenvalue weighted by molar-refractivity contribution is 5.94. The predicted octanol–water partition coefficient (Wildman–Crippen LogP) is 3.51. The quantitative estimate of drug-likeness (QED) is 0.873. The zero-order valence-electron chi connectivity index (χ0n) is 14.5. The zero-order valence-corrected chi connectivity index (χ0v) is 14.5.